The van der Waals surface area contributed by atoms with Crippen LogP contribution in [0.2, 0.25) is 16.6 Å². The van der Waals surface area contributed by atoms with Crippen LogP contribution in [0.25, 0.3) is 0 Å². The SMILES string of the molecule is CC(C)[Si](OCC[C@@H]1C[C@]1(O)C1=CCCCC1)(C(C)C)C(C)C. The third kappa shape index (κ3) is 3.77. The van der Waals surface area contributed by atoms with Crippen LogP contribution in [0.3, 0.4) is 0 Å². The Labute approximate surface area is 144 Å². The first kappa shape index (κ1) is 19.2. The van der Waals surface area contributed by atoms with Crippen LogP contribution in [0.4, 0.5) is 0 Å². The van der Waals surface area contributed by atoms with E-state index in [1.165, 1.54) is 18.4 Å². The fourth-order valence-electron chi connectivity index (χ4n) is 5.16. The van der Waals surface area contributed by atoms with Crippen molar-refractivity contribution in [2.75, 3.05) is 6.61 Å². The molecule has 1 fully saturated rings. The molecule has 0 aliphatic heterocycles. The smallest absolute Gasteiger partial charge is 0.200 e. The monoisotopic (exact) mass is 338 g/mol. The van der Waals surface area contributed by atoms with E-state index < -0.39 is 13.9 Å². The van der Waals surface area contributed by atoms with Gasteiger partial charge in [-0.05, 0) is 66.6 Å². The highest BCUT2D eigenvalue weighted by atomic mass is 28.4. The molecule has 0 saturated heterocycles. The molecular weight excluding hydrogens is 300 g/mol. The molecule has 0 spiro atoms. The Morgan fingerprint density at radius 1 is 1.13 bits per heavy atom. The van der Waals surface area contributed by atoms with E-state index in [1.807, 2.05) is 0 Å². The number of hydrogen-bond donors (Lipinski definition) is 1. The summed E-state index contributed by atoms with van der Waals surface area (Å²) < 4.78 is 6.65. The first-order chi connectivity index (χ1) is 10.7. The van der Waals surface area contributed by atoms with Gasteiger partial charge in [0.15, 0.2) is 8.32 Å². The van der Waals surface area contributed by atoms with Crippen LogP contribution in [-0.4, -0.2) is 25.6 Å². The highest BCUT2D eigenvalue weighted by Crippen LogP contribution is 2.53. The van der Waals surface area contributed by atoms with Crippen molar-refractivity contribution < 1.29 is 9.53 Å². The van der Waals surface area contributed by atoms with Crippen molar-refractivity contribution in [3.8, 4) is 0 Å². The van der Waals surface area contributed by atoms with Gasteiger partial charge in [-0.3, -0.25) is 0 Å². The van der Waals surface area contributed by atoms with E-state index >= 15 is 0 Å². The lowest BCUT2D eigenvalue weighted by atomic mass is 9.92. The Balaban J connectivity index is 1.90. The molecule has 0 aromatic heterocycles. The average molecular weight is 339 g/mol. The van der Waals surface area contributed by atoms with Gasteiger partial charge in [-0.15, -0.1) is 0 Å². The molecule has 2 nitrogen and oxygen atoms in total. The molecule has 0 aromatic rings. The van der Waals surface area contributed by atoms with Crippen molar-refractivity contribution in [2.45, 2.75) is 102 Å². The van der Waals surface area contributed by atoms with Gasteiger partial charge in [-0.2, -0.15) is 0 Å². The molecule has 2 aliphatic carbocycles. The minimum Gasteiger partial charge on any atom is -0.416 e. The van der Waals surface area contributed by atoms with E-state index in [9.17, 15) is 5.11 Å². The first-order valence-electron chi connectivity index (χ1n) is 9.81. The Morgan fingerprint density at radius 2 is 1.74 bits per heavy atom. The van der Waals surface area contributed by atoms with E-state index in [-0.39, 0.29) is 0 Å². The number of hydrogen-bond acceptors (Lipinski definition) is 2. The molecule has 0 aromatic carbocycles. The first-order valence-corrected chi connectivity index (χ1v) is 11.9. The number of aliphatic hydroxyl groups is 1. The maximum atomic E-state index is 10.9. The van der Waals surface area contributed by atoms with Gasteiger partial charge in [-0.25, -0.2) is 0 Å². The molecule has 0 bridgehead atoms. The van der Waals surface area contributed by atoms with Crippen molar-refractivity contribution in [2.24, 2.45) is 5.92 Å². The van der Waals surface area contributed by atoms with Gasteiger partial charge in [0, 0.05) is 6.61 Å². The van der Waals surface area contributed by atoms with E-state index in [1.54, 1.807) is 0 Å². The molecule has 23 heavy (non-hydrogen) atoms. The minimum absolute atomic E-state index is 0.435. The fraction of sp³-hybridized carbons (Fsp3) is 0.900. The van der Waals surface area contributed by atoms with Crippen LogP contribution in [0.5, 0.6) is 0 Å². The Kier molecular flexibility index (Phi) is 6.19. The topological polar surface area (TPSA) is 29.5 Å². The highest BCUT2D eigenvalue weighted by molar-refractivity contribution is 6.77. The molecule has 2 atom stereocenters. The summed E-state index contributed by atoms with van der Waals surface area (Å²) in [5.41, 5.74) is 2.78. The molecule has 3 heteroatoms. The molecule has 0 heterocycles. The summed E-state index contributed by atoms with van der Waals surface area (Å²) in [6.45, 7) is 14.9. The lowest BCUT2D eigenvalue weighted by molar-refractivity contribution is 0.152. The van der Waals surface area contributed by atoms with Gasteiger partial charge in [0.25, 0.3) is 0 Å². The van der Waals surface area contributed by atoms with Gasteiger partial charge in [0.05, 0.1) is 5.60 Å². The second-order valence-electron chi connectivity index (χ2n) is 8.76. The standard InChI is InChI=1S/C20H38O2Si/c1-15(2)23(16(3)4,17(5)6)22-13-12-19-14-20(19,21)18-10-8-7-9-11-18/h10,15-17,19,21H,7-9,11-14H2,1-6H3/t19-,20+/m1/s1. The quantitative estimate of drug-likeness (QED) is 0.446. The molecular formula is C20H38O2Si. The van der Waals surface area contributed by atoms with Crippen molar-refractivity contribution in [1.82, 2.24) is 0 Å². The summed E-state index contributed by atoms with van der Waals surface area (Å²) in [5, 5.41) is 10.9. The molecule has 0 radical (unpaired) electrons. The zero-order chi connectivity index (χ0) is 17.3. The number of allylic oxidation sites excluding steroid dienone is 1. The summed E-state index contributed by atoms with van der Waals surface area (Å²) in [5.74, 6) is 0.435. The second kappa shape index (κ2) is 7.41. The maximum Gasteiger partial charge on any atom is 0.200 e. The molecule has 0 unspecified atom stereocenters. The van der Waals surface area contributed by atoms with Gasteiger partial charge in [0.1, 0.15) is 0 Å². The molecule has 1 saturated carbocycles. The number of rotatable bonds is 8. The van der Waals surface area contributed by atoms with Crippen LogP contribution in [-0.2, 0) is 4.43 Å². The normalized spacial score (nSPS) is 28.6. The Morgan fingerprint density at radius 3 is 2.22 bits per heavy atom. The van der Waals surface area contributed by atoms with Crippen LogP contribution >= 0.6 is 0 Å². The predicted molar refractivity (Wildman–Crippen MR) is 101 cm³/mol. The van der Waals surface area contributed by atoms with Gasteiger partial charge in [-0.1, -0.05) is 47.6 Å². The summed E-state index contributed by atoms with van der Waals surface area (Å²) in [4.78, 5) is 0. The molecule has 2 rings (SSSR count). The van der Waals surface area contributed by atoms with Crippen molar-refractivity contribution in [3.63, 3.8) is 0 Å². The molecule has 134 valence electrons. The van der Waals surface area contributed by atoms with Crippen LogP contribution < -0.4 is 0 Å². The van der Waals surface area contributed by atoms with Crippen LogP contribution in [0.1, 0.15) is 80.1 Å². The predicted octanol–water partition coefficient (Wildman–Crippen LogP) is 5.82. The zero-order valence-corrected chi connectivity index (χ0v) is 17.2. The lowest BCUT2D eigenvalue weighted by Gasteiger charge is -2.42. The van der Waals surface area contributed by atoms with Gasteiger partial charge >= 0.3 is 0 Å². The maximum absolute atomic E-state index is 10.9. The van der Waals surface area contributed by atoms with Gasteiger partial charge in [0.2, 0.25) is 0 Å². The largest absolute Gasteiger partial charge is 0.416 e. The minimum atomic E-state index is -1.75. The summed E-state index contributed by atoms with van der Waals surface area (Å²) in [6, 6.07) is 0. The van der Waals surface area contributed by atoms with Crippen molar-refractivity contribution >= 4 is 8.32 Å². The van der Waals surface area contributed by atoms with Crippen LogP contribution in [0, 0.1) is 5.92 Å². The zero-order valence-electron chi connectivity index (χ0n) is 16.2. The van der Waals surface area contributed by atoms with Gasteiger partial charge < -0.3 is 9.53 Å². The Hall–Kier alpha value is -0.123. The highest BCUT2D eigenvalue weighted by Gasteiger charge is 2.55. The third-order valence-corrected chi connectivity index (χ3v) is 12.6. The van der Waals surface area contributed by atoms with E-state index in [2.05, 4.69) is 47.6 Å². The summed E-state index contributed by atoms with van der Waals surface area (Å²) in [6.07, 6.45) is 9.10. The lowest BCUT2D eigenvalue weighted by Crippen LogP contribution is -2.48. The Bertz CT molecular complexity index is 406. The average Bonchev–Trinajstić information content (AvgIpc) is 3.15. The van der Waals surface area contributed by atoms with Crippen LogP contribution in [0.15, 0.2) is 11.6 Å². The third-order valence-electron chi connectivity index (χ3n) is 6.45. The van der Waals surface area contributed by atoms with Crippen molar-refractivity contribution in [1.29, 1.82) is 0 Å². The van der Waals surface area contributed by atoms with E-state index in [4.69, 9.17) is 4.43 Å². The van der Waals surface area contributed by atoms with E-state index in [0.717, 1.165) is 32.3 Å². The summed E-state index contributed by atoms with van der Waals surface area (Å²) in [7, 11) is -1.75. The molecule has 1 N–H and O–H groups in total. The molecule has 0 amide bonds. The fourth-order valence-corrected chi connectivity index (χ4v) is 10.6. The van der Waals surface area contributed by atoms with Crippen molar-refractivity contribution in [3.05, 3.63) is 11.6 Å². The second-order valence-corrected chi connectivity index (χ2v) is 14.2. The summed E-state index contributed by atoms with van der Waals surface area (Å²) >= 11 is 0. The molecule has 2 aliphatic rings. The van der Waals surface area contributed by atoms with E-state index in [0.29, 0.717) is 22.5 Å².